The van der Waals surface area contributed by atoms with Crippen LogP contribution in [0.4, 0.5) is 0 Å². The summed E-state index contributed by atoms with van der Waals surface area (Å²) in [4.78, 5) is 40.3. The van der Waals surface area contributed by atoms with Crippen LogP contribution in [0, 0.1) is 0 Å². The van der Waals surface area contributed by atoms with E-state index in [1.807, 2.05) is 0 Å². The Morgan fingerprint density at radius 1 is 0.929 bits per heavy atom. The van der Waals surface area contributed by atoms with Gasteiger partial charge in [-0.05, 0) is 30.3 Å². The number of fused-ring (bicyclic) bond motifs is 1. The number of aromatic amines is 1. The first-order chi connectivity index (χ1) is 13.6. The molecule has 10 heteroatoms. The summed E-state index contributed by atoms with van der Waals surface area (Å²) in [5.74, 6) is -1.16. The smallest absolute Gasteiger partial charge is 0.267 e. The van der Waals surface area contributed by atoms with Gasteiger partial charge in [-0.1, -0.05) is 18.2 Å². The summed E-state index contributed by atoms with van der Waals surface area (Å²) in [7, 11) is 0. The summed E-state index contributed by atoms with van der Waals surface area (Å²) in [6.45, 7) is 0. The van der Waals surface area contributed by atoms with E-state index in [4.69, 9.17) is 0 Å². The van der Waals surface area contributed by atoms with E-state index in [9.17, 15) is 14.4 Å². The topological polar surface area (TPSA) is 135 Å². The lowest BCUT2D eigenvalue weighted by Crippen LogP contribution is -2.42. The van der Waals surface area contributed by atoms with E-state index < -0.39 is 17.4 Å². The third kappa shape index (κ3) is 3.21. The summed E-state index contributed by atoms with van der Waals surface area (Å²) in [5.41, 5.74) is 5.30. The second-order valence-electron chi connectivity index (χ2n) is 5.74. The minimum atomic E-state index is -0.653. The van der Waals surface area contributed by atoms with Crippen LogP contribution in [0.1, 0.15) is 20.8 Å². The third-order valence-corrected chi connectivity index (χ3v) is 4.01. The quantitative estimate of drug-likeness (QED) is 0.448. The Balaban J connectivity index is 1.47. The van der Waals surface area contributed by atoms with Gasteiger partial charge in [0.2, 0.25) is 0 Å². The third-order valence-electron chi connectivity index (χ3n) is 4.01. The highest BCUT2D eigenvalue weighted by atomic mass is 16.2. The molecule has 0 radical (unpaired) electrons. The van der Waals surface area contributed by atoms with E-state index in [1.54, 1.807) is 53.2 Å². The highest BCUT2D eigenvalue weighted by Crippen LogP contribution is 2.12. The number of hydrazine groups is 1. The molecule has 28 heavy (non-hydrogen) atoms. The van der Waals surface area contributed by atoms with Crippen LogP contribution in [-0.2, 0) is 0 Å². The fraction of sp³-hybridized carbons (Fsp3) is 0. The van der Waals surface area contributed by atoms with Gasteiger partial charge in [-0.2, -0.15) is 10.2 Å². The summed E-state index contributed by atoms with van der Waals surface area (Å²) in [6, 6.07) is 13.1. The maximum atomic E-state index is 12.4. The Morgan fingerprint density at radius 3 is 2.36 bits per heavy atom. The summed E-state index contributed by atoms with van der Waals surface area (Å²) in [5, 5.41) is 10.8. The molecule has 2 amide bonds. The number of amides is 2. The first kappa shape index (κ1) is 17.1. The van der Waals surface area contributed by atoms with E-state index >= 15 is 0 Å². The minimum Gasteiger partial charge on any atom is -0.267 e. The van der Waals surface area contributed by atoms with E-state index in [-0.39, 0.29) is 5.69 Å². The van der Waals surface area contributed by atoms with Crippen molar-refractivity contribution in [2.75, 3.05) is 0 Å². The average Bonchev–Trinajstić information content (AvgIpc) is 3.27. The number of hydrogen-bond acceptors (Lipinski definition) is 6. The number of nitrogens with one attached hydrogen (secondary N) is 3. The molecule has 0 fully saturated rings. The SMILES string of the molecule is O=C(NNC(=O)c1n[nH]c(=O)c2ccccc12)c1ccc(-n2cncn2)cc1. The van der Waals surface area contributed by atoms with Gasteiger partial charge in [0.25, 0.3) is 17.4 Å². The Bertz CT molecular complexity index is 1210. The fourth-order valence-corrected chi connectivity index (χ4v) is 2.64. The summed E-state index contributed by atoms with van der Waals surface area (Å²) < 4.78 is 1.55. The number of H-pyrrole nitrogens is 1. The van der Waals surface area contributed by atoms with Gasteiger partial charge < -0.3 is 0 Å². The van der Waals surface area contributed by atoms with E-state index in [0.717, 1.165) is 5.69 Å². The monoisotopic (exact) mass is 375 g/mol. The summed E-state index contributed by atoms with van der Waals surface area (Å²) >= 11 is 0. The summed E-state index contributed by atoms with van der Waals surface area (Å²) in [6.07, 6.45) is 2.95. The number of rotatable bonds is 3. The Kier molecular flexibility index (Phi) is 4.34. The van der Waals surface area contributed by atoms with Crippen molar-refractivity contribution in [3.63, 3.8) is 0 Å². The molecule has 0 aliphatic heterocycles. The maximum Gasteiger partial charge on any atom is 0.290 e. The molecule has 0 spiro atoms. The van der Waals surface area contributed by atoms with Crippen LogP contribution in [0.15, 0.2) is 66.0 Å². The molecule has 0 bridgehead atoms. The van der Waals surface area contributed by atoms with Crippen LogP contribution in [0.5, 0.6) is 0 Å². The normalized spacial score (nSPS) is 10.6. The molecule has 138 valence electrons. The molecule has 0 aliphatic rings. The molecule has 0 saturated heterocycles. The number of hydrogen-bond donors (Lipinski definition) is 3. The van der Waals surface area contributed by atoms with Crippen molar-refractivity contribution in [2.24, 2.45) is 0 Å². The van der Waals surface area contributed by atoms with Crippen LogP contribution in [0.2, 0.25) is 0 Å². The van der Waals surface area contributed by atoms with Crippen LogP contribution >= 0.6 is 0 Å². The zero-order chi connectivity index (χ0) is 19.5. The first-order valence-corrected chi connectivity index (χ1v) is 8.16. The molecule has 4 aromatic rings. The molecule has 2 heterocycles. The van der Waals surface area contributed by atoms with Gasteiger partial charge in [0.05, 0.1) is 11.1 Å². The standard InChI is InChI=1S/C18H13N7O3/c26-16(11-5-7-12(8-6-11)25-10-19-9-20-25)22-24-18(28)15-13-3-1-2-4-14(13)17(27)23-21-15/h1-10H,(H,22,26)(H,23,27)(H,24,28). The predicted molar refractivity (Wildman–Crippen MR) is 98.7 cm³/mol. The highest BCUT2D eigenvalue weighted by molar-refractivity contribution is 6.05. The average molecular weight is 375 g/mol. The second-order valence-corrected chi connectivity index (χ2v) is 5.74. The highest BCUT2D eigenvalue weighted by Gasteiger charge is 2.15. The Labute approximate surface area is 157 Å². The van der Waals surface area contributed by atoms with Crippen molar-refractivity contribution in [2.45, 2.75) is 0 Å². The largest absolute Gasteiger partial charge is 0.290 e. The fourth-order valence-electron chi connectivity index (χ4n) is 2.64. The van der Waals surface area contributed by atoms with Gasteiger partial charge in [0.15, 0.2) is 5.69 Å². The van der Waals surface area contributed by atoms with Crippen LogP contribution < -0.4 is 16.4 Å². The molecular formula is C18H13N7O3. The molecule has 2 aromatic carbocycles. The van der Waals surface area contributed by atoms with E-state index in [2.05, 4.69) is 31.1 Å². The van der Waals surface area contributed by atoms with E-state index in [1.165, 1.54) is 12.7 Å². The molecular weight excluding hydrogens is 362 g/mol. The molecule has 3 N–H and O–H groups in total. The van der Waals surface area contributed by atoms with Crippen LogP contribution in [-0.4, -0.2) is 36.8 Å². The lowest BCUT2D eigenvalue weighted by molar-refractivity contribution is 0.0844. The number of aromatic nitrogens is 5. The lowest BCUT2D eigenvalue weighted by atomic mass is 10.1. The van der Waals surface area contributed by atoms with Crippen LogP contribution in [0.25, 0.3) is 16.5 Å². The number of nitrogens with zero attached hydrogens (tertiary/aromatic N) is 4. The van der Waals surface area contributed by atoms with Gasteiger partial charge in [-0.3, -0.25) is 25.2 Å². The van der Waals surface area contributed by atoms with Gasteiger partial charge in [0, 0.05) is 10.9 Å². The molecule has 0 aliphatic carbocycles. The van der Waals surface area contributed by atoms with Crippen LogP contribution in [0.3, 0.4) is 0 Å². The van der Waals surface area contributed by atoms with Crippen molar-refractivity contribution in [1.29, 1.82) is 0 Å². The molecule has 0 saturated carbocycles. The van der Waals surface area contributed by atoms with Crippen molar-refractivity contribution in [1.82, 2.24) is 35.8 Å². The van der Waals surface area contributed by atoms with Gasteiger partial charge in [-0.15, -0.1) is 0 Å². The number of benzene rings is 2. The maximum absolute atomic E-state index is 12.4. The van der Waals surface area contributed by atoms with Crippen molar-refractivity contribution in [3.05, 3.63) is 82.8 Å². The molecule has 10 nitrogen and oxygen atoms in total. The van der Waals surface area contributed by atoms with Gasteiger partial charge in [-0.25, -0.2) is 14.8 Å². The molecule has 4 rings (SSSR count). The van der Waals surface area contributed by atoms with Gasteiger partial charge >= 0.3 is 0 Å². The molecule has 0 unspecified atom stereocenters. The molecule has 0 atom stereocenters. The predicted octanol–water partition coefficient (Wildman–Crippen LogP) is 0.579. The first-order valence-electron chi connectivity index (χ1n) is 8.16. The zero-order valence-electron chi connectivity index (χ0n) is 14.3. The Morgan fingerprint density at radius 2 is 1.64 bits per heavy atom. The van der Waals surface area contributed by atoms with Crippen molar-refractivity contribution >= 4 is 22.6 Å². The van der Waals surface area contributed by atoms with Crippen molar-refractivity contribution < 1.29 is 9.59 Å². The van der Waals surface area contributed by atoms with Crippen molar-refractivity contribution in [3.8, 4) is 5.69 Å². The lowest BCUT2D eigenvalue weighted by Gasteiger charge is -2.09. The minimum absolute atomic E-state index is 0.00275. The molecule has 2 aromatic heterocycles. The Hall–Kier alpha value is -4.34. The number of carbonyl (C=O) groups excluding carboxylic acids is 2. The van der Waals surface area contributed by atoms with E-state index in [0.29, 0.717) is 16.3 Å². The van der Waals surface area contributed by atoms with Gasteiger partial charge in [0.1, 0.15) is 12.7 Å². The zero-order valence-corrected chi connectivity index (χ0v) is 14.3. The second kappa shape index (κ2) is 7.11. The number of carbonyl (C=O) groups is 2.